The molecule has 10 heteroatoms. The number of ether oxygens (including phenoxy) is 1. The number of amides is 3. The molecule has 0 aliphatic carbocycles. The van der Waals surface area contributed by atoms with Crippen molar-refractivity contribution in [2.45, 2.75) is 24.8 Å². The number of esters is 1. The highest BCUT2D eigenvalue weighted by molar-refractivity contribution is 7.89. The van der Waals surface area contributed by atoms with E-state index in [0.717, 1.165) is 11.1 Å². The number of hydrogen-bond donors (Lipinski definition) is 2. The van der Waals surface area contributed by atoms with Crippen LogP contribution in [0.2, 0.25) is 0 Å². The SMILES string of the molecule is CCNC(=O)NC(=O)COC(=O)c1cccc(S(=O)(=O)N2CCc3ccccc3C2)c1. The lowest BCUT2D eigenvalue weighted by atomic mass is 10.0. The molecule has 0 unspecified atom stereocenters. The zero-order valence-corrected chi connectivity index (χ0v) is 17.8. The van der Waals surface area contributed by atoms with Crippen molar-refractivity contribution >= 4 is 27.9 Å². The summed E-state index contributed by atoms with van der Waals surface area (Å²) >= 11 is 0. The molecule has 31 heavy (non-hydrogen) atoms. The summed E-state index contributed by atoms with van der Waals surface area (Å²) in [6.07, 6.45) is 0.609. The zero-order chi connectivity index (χ0) is 22.4. The third-order valence-electron chi connectivity index (χ3n) is 4.73. The normalized spacial score (nSPS) is 13.7. The number of carbonyl (C=O) groups excluding carboxylic acids is 3. The zero-order valence-electron chi connectivity index (χ0n) is 17.0. The Bertz CT molecular complexity index is 1100. The van der Waals surface area contributed by atoms with Crippen LogP contribution in [0.1, 0.15) is 28.4 Å². The summed E-state index contributed by atoms with van der Waals surface area (Å²) in [7, 11) is -3.82. The molecule has 0 fully saturated rings. The Labute approximate surface area is 180 Å². The van der Waals surface area contributed by atoms with Crippen LogP contribution in [0.25, 0.3) is 0 Å². The maximum absolute atomic E-state index is 13.1. The Hall–Kier alpha value is -3.24. The molecule has 1 aliphatic rings. The summed E-state index contributed by atoms with van der Waals surface area (Å²) in [6.45, 7) is 1.95. The molecule has 2 N–H and O–H groups in total. The van der Waals surface area contributed by atoms with Crippen molar-refractivity contribution in [3.63, 3.8) is 0 Å². The van der Waals surface area contributed by atoms with Crippen molar-refractivity contribution in [2.24, 2.45) is 0 Å². The van der Waals surface area contributed by atoms with E-state index in [2.05, 4.69) is 5.32 Å². The van der Waals surface area contributed by atoms with Gasteiger partial charge >= 0.3 is 12.0 Å². The molecule has 0 spiro atoms. The van der Waals surface area contributed by atoms with Gasteiger partial charge in [-0.25, -0.2) is 18.0 Å². The first-order valence-electron chi connectivity index (χ1n) is 9.73. The number of benzene rings is 2. The number of imide groups is 1. The van der Waals surface area contributed by atoms with E-state index in [9.17, 15) is 22.8 Å². The van der Waals surface area contributed by atoms with E-state index in [1.165, 1.54) is 28.6 Å². The van der Waals surface area contributed by atoms with Gasteiger partial charge in [-0.3, -0.25) is 10.1 Å². The van der Waals surface area contributed by atoms with Gasteiger partial charge in [0.2, 0.25) is 10.0 Å². The number of fused-ring (bicyclic) bond motifs is 1. The van der Waals surface area contributed by atoms with Gasteiger partial charge in [0.1, 0.15) is 0 Å². The van der Waals surface area contributed by atoms with E-state index in [4.69, 9.17) is 4.74 Å². The predicted octanol–water partition coefficient (Wildman–Crippen LogP) is 1.44. The number of urea groups is 1. The molecule has 1 heterocycles. The van der Waals surface area contributed by atoms with Gasteiger partial charge in [-0.15, -0.1) is 0 Å². The predicted molar refractivity (Wildman–Crippen MR) is 112 cm³/mol. The fourth-order valence-corrected chi connectivity index (χ4v) is 4.65. The van der Waals surface area contributed by atoms with Crippen LogP contribution in [0.5, 0.6) is 0 Å². The maximum atomic E-state index is 13.1. The Morgan fingerprint density at radius 2 is 1.81 bits per heavy atom. The first kappa shape index (κ1) is 22.4. The lowest BCUT2D eigenvalue weighted by Gasteiger charge is -2.28. The smallest absolute Gasteiger partial charge is 0.338 e. The monoisotopic (exact) mass is 445 g/mol. The summed E-state index contributed by atoms with van der Waals surface area (Å²) in [6, 6.07) is 12.5. The summed E-state index contributed by atoms with van der Waals surface area (Å²) in [4.78, 5) is 35.2. The molecule has 0 bridgehead atoms. The summed E-state index contributed by atoms with van der Waals surface area (Å²) in [5, 5.41) is 4.38. The van der Waals surface area contributed by atoms with Gasteiger partial charge in [-0.05, 0) is 42.7 Å². The number of nitrogens with zero attached hydrogens (tertiary/aromatic N) is 1. The summed E-state index contributed by atoms with van der Waals surface area (Å²) in [5.74, 6) is -1.66. The van der Waals surface area contributed by atoms with Gasteiger partial charge < -0.3 is 10.1 Å². The molecule has 2 aromatic carbocycles. The van der Waals surface area contributed by atoms with E-state index in [-0.39, 0.29) is 17.0 Å². The van der Waals surface area contributed by atoms with Crippen LogP contribution >= 0.6 is 0 Å². The van der Waals surface area contributed by atoms with E-state index < -0.39 is 34.5 Å². The van der Waals surface area contributed by atoms with E-state index in [0.29, 0.717) is 19.5 Å². The number of rotatable bonds is 6. The van der Waals surface area contributed by atoms with E-state index >= 15 is 0 Å². The van der Waals surface area contributed by atoms with E-state index in [1.807, 2.05) is 29.6 Å². The topological polar surface area (TPSA) is 122 Å². The second-order valence-electron chi connectivity index (χ2n) is 6.87. The average molecular weight is 445 g/mol. The lowest BCUT2D eigenvalue weighted by Crippen LogP contribution is -2.41. The van der Waals surface area contributed by atoms with Crippen molar-refractivity contribution in [1.82, 2.24) is 14.9 Å². The van der Waals surface area contributed by atoms with Crippen molar-refractivity contribution in [2.75, 3.05) is 19.7 Å². The van der Waals surface area contributed by atoms with Crippen molar-refractivity contribution in [3.05, 3.63) is 65.2 Å². The second-order valence-corrected chi connectivity index (χ2v) is 8.81. The van der Waals surface area contributed by atoms with Crippen LogP contribution in [-0.2, 0) is 32.5 Å². The molecule has 0 atom stereocenters. The van der Waals surface area contributed by atoms with Crippen molar-refractivity contribution < 1.29 is 27.5 Å². The Morgan fingerprint density at radius 1 is 1.06 bits per heavy atom. The van der Waals surface area contributed by atoms with Gasteiger partial charge in [0.05, 0.1) is 10.5 Å². The molecule has 0 saturated carbocycles. The number of hydrogen-bond acceptors (Lipinski definition) is 6. The number of nitrogens with one attached hydrogen (secondary N) is 2. The fraction of sp³-hybridized carbons (Fsp3) is 0.286. The molecular weight excluding hydrogens is 422 g/mol. The molecule has 164 valence electrons. The molecule has 3 amide bonds. The molecule has 1 aliphatic heterocycles. The third kappa shape index (κ3) is 5.47. The largest absolute Gasteiger partial charge is 0.452 e. The Morgan fingerprint density at radius 3 is 2.55 bits per heavy atom. The summed E-state index contributed by atoms with van der Waals surface area (Å²) < 4.78 is 32.4. The highest BCUT2D eigenvalue weighted by atomic mass is 32.2. The lowest BCUT2D eigenvalue weighted by molar-refractivity contribution is -0.123. The number of sulfonamides is 1. The molecule has 0 aromatic heterocycles. The second kappa shape index (κ2) is 9.71. The molecule has 2 aromatic rings. The maximum Gasteiger partial charge on any atom is 0.338 e. The minimum atomic E-state index is -3.82. The van der Waals surface area contributed by atoms with Crippen LogP contribution in [0.4, 0.5) is 4.79 Å². The Balaban J connectivity index is 1.67. The average Bonchev–Trinajstić information content (AvgIpc) is 2.77. The highest BCUT2D eigenvalue weighted by Crippen LogP contribution is 2.25. The van der Waals surface area contributed by atoms with Gasteiger partial charge in [0, 0.05) is 19.6 Å². The van der Waals surface area contributed by atoms with Gasteiger partial charge in [-0.1, -0.05) is 30.3 Å². The standard InChI is InChI=1S/C21H23N3O6S/c1-2-22-21(27)23-19(25)14-30-20(26)16-8-5-9-18(12-16)31(28,29)24-11-10-15-6-3-4-7-17(15)13-24/h3-9,12H,2,10-11,13-14H2,1H3,(H2,22,23,25,27). The van der Waals surface area contributed by atoms with Gasteiger partial charge in [0.15, 0.2) is 6.61 Å². The third-order valence-corrected chi connectivity index (χ3v) is 6.57. The van der Waals surface area contributed by atoms with Crippen molar-refractivity contribution in [3.8, 4) is 0 Å². The van der Waals surface area contributed by atoms with E-state index in [1.54, 1.807) is 6.92 Å². The van der Waals surface area contributed by atoms with Crippen molar-refractivity contribution in [1.29, 1.82) is 0 Å². The minimum Gasteiger partial charge on any atom is -0.452 e. The molecule has 9 nitrogen and oxygen atoms in total. The Kier molecular flexibility index (Phi) is 7.03. The van der Waals surface area contributed by atoms with Gasteiger partial charge in [0.25, 0.3) is 5.91 Å². The quantitative estimate of drug-likeness (QED) is 0.649. The van der Waals surface area contributed by atoms with Gasteiger partial charge in [-0.2, -0.15) is 4.31 Å². The minimum absolute atomic E-state index is 0.00991. The molecule has 0 radical (unpaired) electrons. The van der Waals surface area contributed by atoms with Crippen LogP contribution in [0, 0.1) is 0 Å². The van der Waals surface area contributed by atoms with Crippen LogP contribution < -0.4 is 10.6 Å². The fourth-order valence-electron chi connectivity index (χ4n) is 3.19. The van der Waals surface area contributed by atoms with Crippen LogP contribution in [0.15, 0.2) is 53.4 Å². The molecular formula is C21H23N3O6S. The summed E-state index contributed by atoms with van der Waals surface area (Å²) in [5.41, 5.74) is 2.06. The highest BCUT2D eigenvalue weighted by Gasteiger charge is 2.28. The first-order valence-corrected chi connectivity index (χ1v) is 11.2. The first-order chi connectivity index (χ1) is 14.8. The molecule has 0 saturated heterocycles. The van der Waals surface area contributed by atoms with Crippen LogP contribution in [0.3, 0.4) is 0 Å². The number of carbonyl (C=O) groups is 3. The van der Waals surface area contributed by atoms with Crippen LogP contribution in [-0.4, -0.2) is 50.3 Å². The molecule has 3 rings (SSSR count).